The number of fused-ring (bicyclic) bond motifs is 1. The van der Waals surface area contributed by atoms with Crippen LogP contribution in [0.2, 0.25) is 0 Å². The summed E-state index contributed by atoms with van der Waals surface area (Å²) in [6.45, 7) is 8.39. The first kappa shape index (κ1) is 12.9. The van der Waals surface area contributed by atoms with Crippen molar-refractivity contribution in [3.63, 3.8) is 0 Å². The van der Waals surface area contributed by atoms with E-state index < -0.39 is 0 Å². The second-order valence-corrected chi connectivity index (χ2v) is 5.98. The summed E-state index contributed by atoms with van der Waals surface area (Å²) in [4.78, 5) is 0. The van der Waals surface area contributed by atoms with Crippen molar-refractivity contribution < 1.29 is 4.74 Å². The molecule has 1 aromatic carbocycles. The lowest BCUT2D eigenvalue weighted by atomic mass is 10.0. The molecule has 1 unspecified atom stereocenters. The van der Waals surface area contributed by atoms with E-state index in [1.165, 1.54) is 11.1 Å². The Morgan fingerprint density at radius 3 is 2.82 bits per heavy atom. The van der Waals surface area contributed by atoms with Gasteiger partial charge in [0.05, 0.1) is 6.61 Å². The van der Waals surface area contributed by atoms with Crippen LogP contribution in [0.15, 0.2) is 16.6 Å². The molecule has 0 aliphatic carbocycles. The molecule has 0 spiro atoms. The summed E-state index contributed by atoms with van der Waals surface area (Å²) in [5.41, 5.74) is 2.59. The SMILES string of the molecule is CC(C)C(C)NCc1cc(Br)cc2c1OCC2. The fourth-order valence-electron chi connectivity index (χ4n) is 1.98. The normalized spacial score (nSPS) is 15.8. The molecule has 0 saturated heterocycles. The lowest BCUT2D eigenvalue weighted by Gasteiger charge is -2.18. The molecule has 0 amide bonds. The van der Waals surface area contributed by atoms with Crippen LogP contribution in [0, 0.1) is 5.92 Å². The van der Waals surface area contributed by atoms with E-state index in [1.54, 1.807) is 0 Å². The number of halogens is 1. The molecule has 94 valence electrons. The summed E-state index contributed by atoms with van der Waals surface area (Å²) in [5.74, 6) is 1.74. The van der Waals surface area contributed by atoms with Crippen molar-refractivity contribution in [3.8, 4) is 5.75 Å². The third kappa shape index (κ3) is 3.02. The summed E-state index contributed by atoms with van der Waals surface area (Å²) in [6, 6.07) is 4.84. The maximum Gasteiger partial charge on any atom is 0.127 e. The summed E-state index contributed by atoms with van der Waals surface area (Å²) in [7, 11) is 0. The average molecular weight is 298 g/mol. The number of benzene rings is 1. The van der Waals surface area contributed by atoms with Crippen LogP contribution < -0.4 is 10.1 Å². The molecule has 0 bridgehead atoms. The van der Waals surface area contributed by atoms with Gasteiger partial charge in [0, 0.05) is 29.0 Å². The summed E-state index contributed by atoms with van der Waals surface area (Å²) in [6.07, 6.45) is 1.03. The van der Waals surface area contributed by atoms with Gasteiger partial charge in [-0.3, -0.25) is 0 Å². The molecule has 0 saturated carbocycles. The lowest BCUT2D eigenvalue weighted by Crippen LogP contribution is -2.30. The zero-order valence-corrected chi connectivity index (χ0v) is 12.3. The Labute approximate surface area is 112 Å². The molecule has 0 radical (unpaired) electrons. The molecular formula is C14H20BrNO. The number of hydrogen-bond donors (Lipinski definition) is 1. The highest BCUT2D eigenvalue weighted by molar-refractivity contribution is 9.10. The van der Waals surface area contributed by atoms with Gasteiger partial charge in [0.1, 0.15) is 5.75 Å². The Balaban J connectivity index is 2.11. The molecule has 3 heteroatoms. The first-order valence-corrected chi connectivity index (χ1v) is 7.04. The monoisotopic (exact) mass is 297 g/mol. The maximum atomic E-state index is 5.72. The molecule has 2 rings (SSSR count). The summed E-state index contributed by atoms with van der Waals surface area (Å²) < 4.78 is 6.87. The number of hydrogen-bond acceptors (Lipinski definition) is 2. The van der Waals surface area contributed by atoms with Gasteiger partial charge in [-0.25, -0.2) is 0 Å². The first-order chi connectivity index (χ1) is 8.08. The molecule has 17 heavy (non-hydrogen) atoms. The zero-order valence-electron chi connectivity index (χ0n) is 10.7. The number of nitrogens with one attached hydrogen (secondary N) is 1. The standard InChI is InChI=1S/C14H20BrNO/c1-9(2)10(3)16-8-12-7-13(15)6-11-4-5-17-14(11)12/h6-7,9-10,16H,4-5,8H2,1-3H3. The Kier molecular flexibility index (Phi) is 4.10. The minimum atomic E-state index is 0.519. The van der Waals surface area contributed by atoms with E-state index in [2.05, 4.69) is 54.2 Å². The van der Waals surface area contributed by atoms with Crippen molar-refractivity contribution in [2.45, 2.75) is 39.8 Å². The molecule has 1 aliphatic rings. The molecule has 0 fully saturated rings. The molecule has 1 heterocycles. The third-order valence-corrected chi connectivity index (χ3v) is 3.90. The predicted molar refractivity (Wildman–Crippen MR) is 74.5 cm³/mol. The van der Waals surface area contributed by atoms with E-state index in [0.717, 1.165) is 29.8 Å². The number of ether oxygens (including phenoxy) is 1. The van der Waals surface area contributed by atoms with E-state index in [0.29, 0.717) is 12.0 Å². The Morgan fingerprint density at radius 1 is 1.35 bits per heavy atom. The van der Waals surface area contributed by atoms with Gasteiger partial charge >= 0.3 is 0 Å². The molecule has 0 aromatic heterocycles. The molecule has 1 aromatic rings. The van der Waals surface area contributed by atoms with Crippen molar-refractivity contribution in [1.82, 2.24) is 5.32 Å². The highest BCUT2D eigenvalue weighted by atomic mass is 79.9. The minimum Gasteiger partial charge on any atom is -0.493 e. The largest absolute Gasteiger partial charge is 0.493 e. The average Bonchev–Trinajstić information content (AvgIpc) is 2.72. The quantitative estimate of drug-likeness (QED) is 0.918. The Bertz CT molecular complexity index is 403. The van der Waals surface area contributed by atoms with Gasteiger partial charge in [-0.2, -0.15) is 0 Å². The Morgan fingerprint density at radius 2 is 2.12 bits per heavy atom. The smallest absolute Gasteiger partial charge is 0.127 e. The zero-order chi connectivity index (χ0) is 12.4. The van der Waals surface area contributed by atoms with E-state index >= 15 is 0 Å². The van der Waals surface area contributed by atoms with Gasteiger partial charge in [-0.15, -0.1) is 0 Å². The van der Waals surface area contributed by atoms with Crippen LogP contribution in [-0.2, 0) is 13.0 Å². The van der Waals surface area contributed by atoms with Crippen LogP contribution in [0.1, 0.15) is 31.9 Å². The fourth-order valence-corrected chi connectivity index (χ4v) is 2.54. The van der Waals surface area contributed by atoms with E-state index in [4.69, 9.17) is 4.74 Å². The van der Waals surface area contributed by atoms with Crippen molar-refractivity contribution >= 4 is 15.9 Å². The minimum absolute atomic E-state index is 0.519. The Hall–Kier alpha value is -0.540. The topological polar surface area (TPSA) is 21.3 Å². The summed E-state index contributed by atoms with van der Waals surface area (Å²) >= 11 is 3.57. The van der Waals surface area contributed by atoms with Gasteiger partial charge in [-0.1, -0.05) is 29.8 Å². The van der Waals surface area contributed by atoms with E-state index in [1.807, 2.05) is 0 Å². The molecule has 1 atom stereocenters. The van der Waals surface area contributed by atoms with Crippen LogP contribution in [0.5, 0.6) is 5.75 Å². The van der Waals surface area contributed by atoms with Crippen molar-refractivity contribution in [2.24, 2.45) is 5.92 Å². The van der Waals surface area contributed by atoms with Gasteiger partial charge in [0.2, 0.25) is 0 Å². The fraction of sp³-hybridized carbons (Fsp3) is 0.571. The van der Waals surface area contributed by atoms with Gasteiger partial charge in [0.25, 0.3) is 0 Å². The van der Waals surface area contributed by atoms with Crippen molar-refractivity contribution in [3.05, 3.63) is 27.7 Å². The second kappa shape index (κ2) is 5.40. The predicted octanol–water partition coefficient (Wildman–Crippen LogP) is 3.52. The van der Waals surface area contributed by atoms with Crippen LogP contribution >= 0.6 is 15.9 Å². The summed E-state index contributed by atoms with van der Waals surface area (Å²) in [5, 5.41) is 3.55. The highest BCUT2D eigenvalue weighted by Gasteiger charge is 2.17. The van der Waals surface area contributed by atoms with Crippen LogP contribution in [0.3, 0.4) is 0 Å². The van der Waals surface area contributed by atoms with Crippen molar-refractivity contribution in [2.75, 3.05) is 6.61 Å². The highest BCUT2D eigenvalue weighted by Crippen LogP contribution is 2.32. The van der Waals surface area contributed by atoms with Gasteiger partial charge in [0.15, 0.2) is 0 Å². The van der Waals surface area contributed by atoms with Crippen LogP contribution in [0.25, 0.3) is 0 Å². The molecule has 1 N–H and O–H groups in total. The van der Waals surface area contributed by atoms with Crippen molar-refractivity contribution in [1.29, 1.82) is 0 Å². The first-order valence-electron chi connectivity index (χ1n) is 6.25. The molecule has 1 aliphatic heterocycles. The van der Waals surface area contributed by atoms with Crippen LogP contribution in [-0.4, -0.2) is 12.6 Å². The van der Waals surface area contributed by atoms with E-state index in [-0.39, 0.29) is 0 Å². The molecule has 2 nitrogen and oxygen atoms in total. The maximum absolute atomic E-state index is 5.72. The second-order valence-electron chi connectivity index (χ2n) is 5.07. The van der Waals surface area contributed by atoms with Crippen LogP contribution in [0.4, 0.5) is 0 Å². The number of rotatable bonds is 4. The third-order valence-electron chi connectivity index (χ3n) is 3.44. The van der Waals surface area contributed by atoms with Gasteiger partial charge in [-0.05, 0) is 30.5 Å². The molecular weight excluding hydrogens is 278 g/mol. The van der Waals surface area contributed by atoms with Gasteiger partial charge < -0.3 is 10.1 Å². The lowest BCUT2D eigenvalue weighted by molar-refractivity contribution is 0.349. The van der Waals surface area contributed by atoms with E-state index in [9.17, 15) is 0 Å².